The van der Waals surface area contributed by atoms with Crippen molar-refractivity contribution in [3.05, 3.63) is 57.9 Å². The van der Waals surface area contributed by atoms with E-state index in [0.29, 0.717) is 12.2 Å². The minimum Gasteiger partial charge on any atom is -0.379 e. The van der Waals surface area contributed by atoms with Crippen molar-refractivity contribution in [3.63, 3.8) is 0 Å². The van der Waals surface area contributed by atoms with Crippen LogP contribution in [0, 0.1) is 18.6 Å². The van der Waals surface area contributed by atoms with E-state index in [4.69, 9.17) is 4.74 Å². The molecule has 4 rings (SSSR count). The molecule has 1 fully saturated rings. The van der Waals surface area contributed by atoms with Gasteiger partial charge in [0.05, 0.1) is 19.8 Å². The Morgan fingerprint density at radius 3 is 2.57 bits per heavy atom. The van der Waals surface area contributed by atoms with Gasteiger partial charge in [0.25, 0.3) is 5.91 Å². The summed E-state index contributed by atoms with van der Waals surface area (Å²) < 4.78 is 35.9. The van der Waals surface area contributed by atoms with E-state index in [1.165, 1.54) is 18.2 Å². The maximum Gasteiger partial charge on any atom is 0.268 e. The Morgan fingerprint density at radius 2 is 1.83 bits per heavy atom. The fourth-order valence-corrected chi connectivity index (χ4v) is 4.62. The third-order valence-electron chi connectivity index (χ3n) is 6.25. The number of nitrogens with zero attached hydrogens (tertiary/aromatic N) is 2. The Balaban J connectivity index is 1.58. The third kappa shape index (κ3) is 4.27. The zero-order chi connectivity index (χ0) is 21.1. The smallest absolute Gasteiger partial charge is 0.268 e. The Kier molecular flexibility index (Phi) is 6.49. The molecule has 1 N–H and O–H groups in total. The molecule has 0 spiro atoms. The fraction of sp³-hybridized carbons (Fsp3) is 0.522. The number of rotatable bonds is 6. The molecule has 0 saturated carbocycles. The van der Waals surface area contributed by atoms with Gasteiger partial charge in [-0.25, -0.2) is 8.78 Å². The molecule has 1 saturated heterocycles. The number of nitrogens with one attached hydrogen (secondary N) is 1. The number of hydrogen-bond donors (Lipinski definition) is 1. The molecule has 0 bridgehead atoms. The van der Waals surface area contributed by atoms with Gasteiger partial charge in [0.2, 0.25) is 0 Å². The Labute approximate surface area is 176 Å². The summed E-state index contributed by atoms with van der Waals surface area (Å²) in [6.07, 6.45) is 3.83. The van der Waals surface area contributed by atoms with E-state index in [1.54, 1.807) is 0 Å². The third-order valence-corrected chi connectivity index (χ3v) is 6.25. The quantitative estimate of drug-likeness (QED) is 0.786. The number of aromatic nitrogens is 1. The molecule has 1 aromatic heterocycles. The average Bonchev–Trinajstić information content (AvgIpc) is 3.03. The van der Waals surface area contributed by atoms with Crippen molar-refractivity contribution < 1.29 is 18.3 Å². The van der Waals surface area contributed by atoms with Crippen LogP contribution in [-0.2, 0) is 24.1 Å². The Morgan fingerprint density at radius 1 is 1.13 bits per heavy atom. The summed E-state index contributed by atoms with van der Waals surface area (Å²) in [6, 6.07) is 3.90. The van der Waals surface area contributed by atoms with Crippen LogP contribution in [-0.4, -0.2) is 54.8 Å². The van der Waals surface area contributed by atoms with E-state index in [2.05, 4.69) is 10.2 Å². The molecule has 1 aromatic carbocycles. The number of hydrogen-bond acceptors (Lipinski definition) is 3. The molecule has 0 atom stereocenters. The first-order valence-corrected chi connectivity index (χ1v) is 10.8. The predicted molar refractivity (Wildman–Crippen MR) is 111 cm³/mol. The first-order chi connectivity index (χ1) is 14.6. The molecule has 0 unspecified atom stereocenters. The van der Waals surface area contributed by atoms with Crippen LogP contribution >= 0.6 is 0 Å². The van der Waals surface area contributed by atoms with E-state index >= 15 is 0 Å². The van der Waals surface area contributed by atoms with Crippen molar-refractivity contribution in [1.82, 2.24) is 14.8 Å². The lowest BCUT2D eigenvalue weighted by atomic mass is 9.95. The Bertz CT molecular complexity index is 899. The van der Waals surface area contributed by atoms with Crippen LogP contribution in [0.4, 0.5) is 8.78 Å². The number of carbonyl (C=O) groups excluding carboxylic acids is 1. The van der Waals surface area contributed by atoms with Crippen molar-refractivity contribution in [3.8, 4) is 0 Å². The topological polar surface area (TPSA) is 46.5 Å². The van der Waals surface area contributed by atoms with Crippen LogP contribution in [0.1, 0.15) is 45.7 Å². The van der Waals surface area contributed by atoms with Crippen LogP contribution in [0.2, 0.25) is 0 Å². The van der Waals surface area contributed by atoms with Gasteiger partial charge in [-0.05, 0) is 55.9 Å². The van der Waals surface area contributed by atoms with Gasteiger partial charge in [0, 0.05) is 37.4 Å². The molecule has 7 heteroatoms. The molecule has 2 heterocycles. The highest BCUT2D eigenvalue weighted by atomic mass is 19.1. The van der Waals surface area contributed by atoms with Crippen molar-refractivity contribution >= 4 is 5.91 Å². The fourth-order valence-electron chi connectivity index (χ4n) is 4.62. The molecule has 1 aliphatic heterocycles. The van der Waals surface area contributed by atoms with Crippen molar-refractivity contribution in [1.29, 1.82) is 0 Å². The first kappa shape index (κ1) is 21.0. The van der Waals surface area contributed by atoms with Crippen LogP contribution in [0.3, 0.4) is 0 Å². The van der Waals surface area contributed by atoms with E-state index in [-0.39, 0.29) is 18.0 Å². The van der Waals surface area contributed by atoms with E-state index in [9.17, 15) is 13.6 Å². The summed E-state index contributed by atoms with van der Waals surface area (Å²) in [5, 5.41) is 3.02. The van der Waals surface area contributed by atoms with Gasteiger partial charge < -0.3 is 14.6 Å². The van der Waals surface area contributed by atoms with Crippen LogP contribution in [0.25, 0.3) is 0 Å². The molecule has 30 heavy (non-hydrogen) atoms. The SMILES string of the molecule is Cc1c2c(n(Cc3c(F)cccc3F)c1C(=O)NCCN1CCOCC1)CCCC2. The summed E-state index contributed by atoms with van der Waals surface area (Å²) in [4.78, 5) is 15.4. The second-order valence-corrected chi connectivity index (χ2v) is 8.10. The summed E-state index contributed by atoms with van der Waals surface area (Å²) >= 11 is 0. The number of benzene rings is 1. The zero-order valence-corrected chi connectivity index (χ0v) is 17.5. The number of halogens is 2. The minimum atomic E-state index is -0.579. The molecule has 2 aromatic rings. The second-order valence-electron chi connectivity index (χ2n) is 8.10. The normalized spacial score (nSPS) is 17.0. The number of amides is 1. The predicted octanol–water partition coefficient (Wildman–Crippen LogP) is 3.06. The van der Waals surface area contributed by atoms with Crippen molar-refractivity contribution in [2.24, 2.45) is 0 Å². The lowest BCUT2D eigenvalue weighted by molar-refractivity contribution is 0.0383. The zero-order valence-electron chi connectivity index (χ0n) is 17.5. The maximum absolute atomic E-state index is 14.3. The molecule has 1 amide bonds. The molecule has 5 nitrogen and oxygen atoms in total. The summed E-state index contributed by atoms with van der Waals surface area (Å²) in [5.41, 5.74) is 3.68. The largest absolute Gasteiger partial charge is 0.379 e. The highest BCUT2D eigenvalue weighted by molar-refractivity contribution is 5.95. The average molecular weight is 418 g/mol. The lowest BCUT2D eigenvalue weighted by Crippen LogP contribution is -2.41. The van der Waals surface area contributed by atoms with Crippen LogP contribution in [0.5, 0.6) is 0 Å². The highest BCUT2D eigenvalue weighted by Gasteiger charge is 2.27. The summed E-state index contributed by atoms with van der Waals surface area (Å²) in [6.45, 7) is 6.45. The minimum absolute atomic E-state index is 0.00300. The summed E-state index contributed by atoms with van der Waals surface area (Å²) in [7, 11) is 0. The van der Waals surface area contributed by atoms with Gasteiger partial charge in [-0.3, -0.25) is 9.69 Å². The van der Waals surface area contributed by atoms with Crippen LogP contribution in [0.15, 0.2) is 18.2 Å². The number of carbonyl (C=O) groups is 1. The monoisotopic (exact) mass is 417 g/mol. The molecule has 1 aliphatic carbocycles. The Hall–Kier alpha value is -2.25. The van der Waals surface area contributed by atoms with Gasteiger partial charge in [-0.15, -0.1) is 0 Å². The molecule has 0 radical (unpaired) electrons. The number of fused-ring (bicyclic) bond motifs is 1. The number of ether oxygens (including phenoxy) is 1. The van der Waals surface area contributed by atoms with E-state index in [0.717, 1.165) is 75.4 Å². The molecule has 162 valence electrons. The van der Waals surface area contributed by atoms with Gasteiger partial charge in [0.1, 0.15) is 17.3 Å². The molecular formula is C23H29F2N3O2. The van der Waals surface area contributed by atoms with E-state index < -0.39 is 11.6 Å². The first-order valence-electron chi connectivity index (χ1n) is 10.8. The maximum atomic E-state index is 14.3. The second kappa shape index (κ2) is 9.27. The summed E-state index contributed by atoms with van der Waals surface area (Å²) in [5.74, 6) is -1.33. The van der Waals surface area contributed by atoms with E-state index in [1.807, 2.05) is 11.5 Å². The van der Waals surface area contributed by atoms with Crippen molar-refractivity contribution in [2.45, 2.75) is 39.2 Å². The van der Waals surface area contributed by atoms with Gasteiger partial charge in [0.15, 0.2) is 0 Å². The van der Waals surface area contributed by atoms with Crippen molar-refractivity contribution in [2.75, 3.05) is 39.4 Å². The molecule has 2 aliphatic rings. The number of morpholine rings is 1. The highest BCUT2D eigenvalue weighted by Crippen LogP contribution is 2.31. The van der Waals surface area contributed by atoms with Gasteiger partial charge >= 0.3 is 0 Å². The van der Waals surface area contributed by atoms with Crippen LogP contribution < -0.4 is 5.32 Å². The van der Waals surface area contributed by atoms with Gasteiger partial charge in [-0.1, -0.05) is 6.07 Å². The lowest BCUT2D eigenvalue weighted by Gasteiger charge is -2.26. The van der Waals surface area contributed by atoms with Gasteiger partial charge in [-0.2, -0.15) is 0 Å². The molecular weight excluding hydrogens is 388 g/mol. The standard InChI is InChI=1S/C23H29F2N3O2/c1-16-17-5-2-3-8-21(17)28(15-18-19(24)6-4-7-20(18)25)22(16)23(29)26-9-10-27-11-13-30-14-12-27/h4,6-7H,2-3,5,8-15H2,1H3,(H,26,29).